The van der Waals surface area contributed by atoms with Gasteiger partial charge in [-0.15, -0.1) is 0 Å². The Bertz CT molecular complexity index is 220. The van der Waals surface area contributed by atoms with E-state index in [0.29, 0.717) is 6.42 Å². The number of ketones is 1. The molecule has 0 saturated heterocycles. The molecule has 0 heterocycles. The van der Waals surface area contributed by atoms with Crippen LogP contribution in [0.25, 0.3) is 0 Å². The van der Waals surface area contributed by atoms with Crippen LogP contribution in [-0.2, 0) is 4.79 Å². The van der Waals surface area contributed by atoms with E-state index >= 15 is 0 Å². The van der Waals surface area contributed by atoms with Gasteiger partial charge in [0.2, 0.25) is 0 Å². The van der Waals surface area contributed by atoms with Crippen molar-refractivity contribution in [1.29, 1.82) is 0 Å². The summed E-state index contributed by atoms with van der Waals surface area (Å²) >= 11 is 0. The number of nitrogens with zero attached hydrogens (tertiary/aromatic N) is 2. The zero-order chi connectivity index (χ0) is 14.3. The molecule has 2 N–H and O–H groups in total. The number of rotatable bonds is 4. The molecule has 0 radical (unpaired) electrons. The Morgan fingerprint density at radius 1 is 0.714 bits per heavy atom. The molecule has 21 heavy (non-hydrogen) atoms. The van der Waals surface area contributed by atoms with Crippen molar-refractivity contribution >= 4 is 17.2 Å². The fourth-order valence-electron chi connectivity index (χ4n) is 0.312. The van der Waals surface area contributed by atoms with Gasteiger partial charge >= 0.3 is 0 Å². The molecule has 0 aromatic rings. The number of carbonyl (C=O) groups is 1. The molecule has 0 saturated carbocycles. The summed E-state index contributed by atoms with van der Waals surface area (Å²) < 4.78 is 0. The van der Waals surface area contributed by atoms with Crippen LogP contribution >= 0.6 is 0 Å². The van der Waals surface area contributed by atoms with Gasteiger partial charge in [-0.2, -0.15) is 10.2 Å². The molecule has 0 fully saturated rings. The van der Waals surface area contributed by atoms with Crippen molar-refractivity contribution in [3.8, 4) is 0 Å². The Kier molecular flexibility index (Phi) is 74.0. The van der Waals surface area contributed by atoms with Gasteiger partial charge < -0.3 is 4.79 Å². The molecule has 134 valence electrons. The average Bonchev–Trinajstić information content (AvgIpc) is 2.38. The van der Waals surface area contributed by atoms with Crippen molar-refractivity contribution in [3.63, 3.8) is 0 Å². The Labute approximate surface area is 134 Å². The zero-order valence-electron chi connectivity index (χ0n) is 11.8. The SMILES string of the molecule is C.C.C.C.CCC(C)=NN=C(C)CC.CCC(C)=O.OO. The highest BCUT2D eigenvalue weighted by Crippen LogP contribution is 1.89. The normalized spacial score (nSPS) is 8.76. The van der Waals surface area contributed by atoms with E-state index in [1.807, 2.05) is 20.8 Å². The summed E-state index contributed by atoms with van der Waals surface area (Å²) in [6, 6.07) is 0. The molecule has 0 spiro atoms. The predicted octanol–water partition coefficient (Wildman–Crippen LogP) is 6.19. The molecule has 5 heteroatoms. The summed E-state index contributed by atoms with van der Waals surface area (Å²) in [5, 5.41) is 20.0. The molecular weight excluding hydrogens is 268 g/mol. The van der Waals surface area contributed by atoms with E-state index in [-0.39, 0.29) is 35.5 Å². The number of Topliss-reactive ketones (excluding diaryl/α,β-unsaturated/α-hetero) is 1. The minimum Gasteiger partial charge on any atom is -0.300 e. The summed E-state index contributed by atoms with van der Waals surface area (Å²) in [6.45, 7) is 11.6. The van der Waals surface area contributed by atoms with E-state index in [4.69, 9.17) is 10.5 Å². The summed E-state index contributed by atoms with van der Waals surface area (Å²) in [6.07, 6.45) is 2.64. The Morgan fingerprint density at radius 2 is 0.905 bits per heavy atom. The first-order valence-corrected chi connectivity index (χ1v) is 5.73. The van der Waals surface area contributed by atoms with Crippen LogP contribution in [0, 0.1) is 0 Å². The van der Waals surface area contributed by atoms with E-state index in [0.717, 1.165) is 24.3 Å². The quantitative estimate of drug-likeness (QED) is 0.369. The first kappa shape index (κ1) is 42.7. The third-order valence-corrected chi connectivity index (χ3v) is 1.91. The molecule has 5 nitrogen and oxygen atoms in total. The maximum Gasteiger partial charge on any atom is 0.129 e. The van der Waals surface area contributed by atoms with Crippen molar-refractivity contribution in [1.82, 2.24) is 0 Å². The highest BCUT2D eigenvalue weighted by atomic mass is 17.0. The van der Waals surface area contributed by atoms with Crippen LogP contribution in [-0.4, -0.2) is 27.7 Å². The van der Waals surface area contributed by atoms with Crippen LogP contribution in [0.15, 0.2) is 10.2 Å². The van der Waals surface area contributed by atoms with Crippen LogP contribution < -0.4 is 0 Å². The molecule has 0 aliphatic rings. The van der Waals surface area contributed by atoms with Gasteiger partial charge in [0.15, 0.2) is 0 Å². The molecular formula is C16H42N2O3. The lowest BCUT2D eigenvalue weighted by Gasteiger charge is -1.91. The molecule has 0 aromatic heterocycles. The van der Waals surface area contributed by atoms with E-state index in [1.54, 1.807) is 6.92 Å². The molecule has 0 amide bonds. The van der Waals surface area contributed by atoms with E-state index in [1.165, 1.54) is 0 Å². The van der Waals surface area contributed by atoms with E-state index < -0.39 is 0 Å². The van der Waals surface area contributed by atoms with Crippen LogP contribution in [0.3, 0.4) is 0 Å². The van der Waals surface area contributed by atoms with Crippen LogP contribution in [0.2, 0.25) is 0 Å². The number of hydrogen-bond acceptors (Lipinski definition) is 5. The van der Waals surface area contributed by atoms with Crippen molar-refractivity contribution in [2.24, 2.45) is 10.2 Å². The minimum atomic E-state index is 0. The molecule has 0 aliphatic heterocycles. The van der Waals surface area contributed by atoms with Crippen molar-refractivity contribution in [3.05, 3.63) is 0 Å². The maximum atomic E-state index is 9.81. The second-order valence-corrected chi connectivity index (χ2v) is 3.43. The Morgan fingerprint density at radius 3 is 1.00 bits per heavy atom. The fraction of sp³-hybridized carbons (Fsp3) is 0.812. The largest absolute Gasteiger partial charge is 0.300 e. The lowest BCUT2D eigenvalue weighted by atomic mass is 10.3. The third kappa shape index (κ3) is 55.0. The molecule has 0 unspecified atom stereocenters. The summed E-state index contributed by atoms with van der Waals surface area (Å²) in [4.78, 5) is 9.81. The molecule has 0 aliphatic carbocycles. The van der Waals surface area contributed by atoms with E-state index in [2.05, 4.69) is 24.1 Å². The minimum absolute atomic E-state index is 0. The number of hydrogen-bond donors (Lipinski definition) is 2. The fourth-order valence-corrected chi connectivity index (χ4v) is 0.312. The summed E-state index contributed by atoms with van der Waals surface area (Å²) in [5.74, 6) is 0.255. The highest BCUT2D eigenvalue weighted by molar-refractivity contribution is 5.85. The smallest absolute Gasteiger partial charge is 0.129 e. The second-order valence-electron chi connectivity index (χ2n) is 3.43. The van der Waals surface area contributed by atoms with Gasteiger partial charge in [0.25, 0.3) is 0 Å². The van der Waals surface area contributed by atoms with Crippen molar-refractivity contribution in [2.45, 2.75) is 90.5 Å². The van der Waals surface area contributed by atoms with Crippen LogP contribution in [0.5, 0.6) is 0 Å². The topological polar surface area (TPSA) is 82.2 Å². The lowest BCUT2D eigenvalue weighted by Crippen LogP contribution is -1.89. The first-order valence-electron chi connectivity index (χ1n) is 5.73. The third-order valence-electron chi connectivity index (χ3n) is 1.91. The van der Waals surface area contributed by atoms with Gasteiger partial charge in [-0.3, -0.25) is 10.5 Å². The monoisotopic (exact) mass is 310 g/mol. The Hall–Kier alpha value is -1.07. The van der Waals surface area contributed by atoms with Gasteiger partial charge in [0.05, 0.1) is 0 Å². The van der Waals surface area contributed by atoms with E-state index in [9.17, 15) is 4.79 Å². The predicted molar refractivity (Wildman–Crippen MR) is 100.0 cm³/mol. The number of carbonyl (C=O) groups excluding carboxylic acids is 1. The van der Waals surface area contributed by atoms with Gasteiger partial charge in [-0.25, -0.2) is 0 Å². The molecule has 0 atom stereocenters. The van der Waals surface area contributed by atoms with Gasteiger partial charge in [0, 0.05) is 17.8 Å². The summed E-state index contributed by atoms with van der Waals surface area (Å²) in [5.41, 5.74) is 2.18. The van der Waals surface area contributed by atoms with Gasteiger partial charge in [0.1, 0.15) is 5.78 Å². The van der Waals surface area contributed by atoms with Gasteiger partial charge in [-0.05, 0) is 33.6 Å². The molecule has 0 rings (SSSR count). The highest BCUT2D eigenvalue weighted by Gasteiger charge is 1.84. The molecule has 0 bridgehead atoms. The van der Waals surface area contributed by atoms with Crippen LogP contribution in [0.4, 0.5) is 0 Å². The van der Waals surface area contributed by atoms with Crippen molar-refractivity contribution in [2.75, 3.05) is 0 Å². The molecule has 0 aromatic carbocycles. The van der Waals surface area contributed by atoms with Gasteiger partial charge in [-0.1, -0.05) is 50.5 Å². The zero-order valence-corrected chi connectivity index (χ0v) is 11.8. The van der Waals surface area contributed by atoms with Crippen molar-refractivity contribution < 1.29 is 15.3 Å². The summed E-state index contributed by atoms with van der Waals surface area (Å²) in [7, 11) is 0. The first-order chi connectivity index (χ1) is 7.97. The standard InChI is InChI=1S/C8H16N2.C4H8O.4CH4.H2O2/c1-5-7(3)9-10-8(4)6-2;1-3-4(2)5;;;;;1-2/h5-6H2,1-4H3;3H2,1-2H3;4*1H4;1-2H. The lowest BCUT2D eigenvalue weighted by molar-refractivity contribution is -0.176. The second kappa shape index (κ2) is 36.4. The van der Waals surface area contributed by atoms with Crippen LogP contribution in [0.1, 0.15) is 90.5 Å². The average molecular weight is 311 g/mol. The maximum absolute atomic E-state index is 9.81. The Balaban J connectivity index is -0.0000000314.